The van der Waals surface area contributed by atoms with Crippen LogP contribution in [-0.2, 0) is 4.79 Å². The summed E-state index contributed by atoms with van der Waals surface area (Å²) in [5, 5.41) is 15.8. The van der Waals surface area contributed by atoms with Gasteiger partial charge in [0.1, 0.15) is 11.6 Å². The molecule has 0 fully saturated rings. The number of ether oxygens (including phenoxy) is 2. The van der Waals surface area contributed by atoms with Gasteiger partial charge in [-0.25, -0.2) is 0 Å². The first kappa shape index (κ1) is 19.9. The standard InChI is InChI=1S/C22H25N5O3/c1-4-5-12-30-17-9-7-6-8-15(17)16-13-19(28)23-22-21(16)14(2)26-27(22)18-10-11-20(29-3)25-24-18/h6-11,16H,4-5,12-13H2,1-3H3,(H,23,28)/t16-/m0/s1. The van der Waals surface area contributed by atoms with Gasteiger partial charge >= 0.3 is 0 Å². The number of carbonyl (C=O) groups excluding carboxylic acids is 1. The molecule has 0 saturated heterocycles. The van der Waals surface area contributed by atoms with Gasteiger partial charge in [0.15, 0.2) is 5.82 Å². The van der Waals surface area contributed by atoms with E-state index in [4.69, 9.17) is 9.47 Å². The molecule has 0 bridgehead atoms. The third-order valence-corrected chi connectivity index (χ3v) is 5.20. The molecule has 0 aliphatic carbocycles. The zero-order valence-corrected chi connectivity index (χ0v) is 17.4. The summed E-state index contributed by atoms with van der Waals surface area (Å²) in [6.45, 7) is 4.73. The highest BCUT2D eigenvalue weighted by Crippen LogP contribution is 2.43. The Bertz CT molecular complexity index is 1050. The van der Waals surface area contributed by atoms with E-state index in [1.54, 1.807) is 16.8 Å². The van der Waals surface area contributed by atoms with Crippen molar-refractivity contribution < 1.29 is 14.3 Å². The Balaban J connectivity index is 1.76. The zero-order chi connectivity index (χ0) is 21.1. The Kier molecular flexibility index (Phi) is 5.65. The minimum absolute atomic E-state index is 0.0708. The fraction of sp³-hybridized carbons (Fsp3) is 0.364. The van der Waals surface area contributed by atoms with Crippen molar-refractivity contribution in [2.45, 2.75) is 39.0 Å². The summed E-state index contributed by atoms with van der Waals surface area (Å²) in [5.41, 5.74) is 2.79. The molecule has 0 saturated carbocycles. The first-order valence-corrected chi connectivity index (χ1v) is 10.1. The fourth-order valence-electron chi connectivity index (χ4n) is 3.74. The number of benzene rings is 1. The molecule has 1 aliphatic rings. The monoisotopic (exact) mass is 407 g/mol. The minimum atomic E-state index is -0.147. The second kappa shape index (κ2) is 8.52. The molecule has 8 nitrogen and oxygen atoms in total. The summed E-state index contributed by atoms with van der Waals surface area (Å²) >= 11 is 0. The van der Waals surface area contributed by atoms with Crippen LogP contribution in [0.1, 0.15) is 48.9 Å². The number of hydrogen-bond acceptors (Lipinski definition) is 6. The van der Waals surface area contributed by atoms with E-state index < -0.39 is 0 Å². The molecule has 1 amide bonds. The van der Waals surface area contributed by atoms with Gasteiger partial charge in [-0.15, -0.1) is 10.2 Å². The molecule has 1 aliphatic heterocycles. The van der Waals surface area contributed by atoms with Gasteiger partial charge in [0.25, 0.3) is 0 Å². The minimum Gasteiger partial charge on any atom is -0.493 e. The third-order valence-electron chi connectivity index (χ3n) is 5.20. The lowest BCUT2D eigenvalue weighted by molar-refractivity contribution is -0.116. The van der Waals surface area contributed by atoms with Gasteiger partial charge in [0.05, 0.1) is 19.4 Å². The molecule has 0 radical (unpaired) electrons. The Labute approximate surface area is 175 Å². The lowest BCUT2D eigenvalue weighted by atomic mass is 9.85. The normalized spacial score (nSPS) is 15.4. The molecule has 4 rings (SSSR count). The Hall–Kier alpha value is -3.42. The maximum atomic E-state index is 12.6. The number of unbranched alkanes of at least 4 members (excludes halogenated alkanes) is 1. The molecule has 1 N–H and O–H groups in total. The number of para-hydroxylation sites is 1. The van der Waals surface area contributed by atoms with Gasteiger partial charge < -0.3 is 14.8 Å². The smallest absolute Gasteiger partial charge is 0.233 e. The number of amides is 1. The van der Waals surface area contributed by atoms with Crippen molar-refractivity contribution in [3.8, 4) is 17.4 Å². The number of carbonyl (C=O) groups is 1. The molecule has 3 aromatic rings. The number of aromatic nitrogens is 4. The average Bonchev–Trinajstić information content (AvgIpc) is 3.10. The summed E-state index contributed by atoms with van der Waals surface area (Å²) in [6.07, 6.45) is 2.38. The lowest BCUT2D eigenvalue weighted by Gasteiger charge is -2.26. The van der Waals surface area contributed by atoms with Crippen LogP contribution in [0, 0.1) is 6.92 Å². The SMILES string of the molecule is CCCCOc1ccccc1[C@@H]1CC(=O)Nc2c1c(C)nn2-c1ccc(OC)nn1. The van der Waals surface area contributed by atoms with E-state index >= 15 is 0 Å². The maximum absolute atomic E-state index is 12.6. The number of methoxy groups -OCH3 is 1. The summed E-state index contributed by atoms with van der Waals surface area (Å²) in [5.74, 6) is 2.14. The molecule has 0 spiro atoms. The van der Waals surface area contributed by atoms with Gasteiger partial charge in [0.2, 0.25) is 11.8 Å². The molecule has 8 heteroatoms. The number of aryl methyl sites for hydroxylation is 1. The highest BCUT2D eigenvalue weighted by molar-refractivity contribution is 5.95. The van der Waals surface area contributed by atoms with Crippen LogP contribution in [0.3, 0.4) is 0 Å². The molecule has 30 heavy (non-hydrogen) atoms. The molecule has 1 aromatic carbocycles. The van der Waals surface area contributed by atoms with Gasteiger partial charge in [-0.2, -0.15) is 9.78 Å². The quantitative estimate of drug-likeness (QED) is 0.602. The van der Waals surface area contributed by atoms with Crippen molar-refractivity contribution in [1.29, 1.82) is 0 Å². The van der Waals surface area contributed by atoms with E-state index in [1.165, 1.54) is 7.11 Å². The molecular weight excluding hydrogens is 382 g/mol. The van der Waals surface area contributed by atoms with Gasteiger partial charge in [-0.1, -0.05) is 31.5 Å². The van der Waals surface area contributed by atoms with Crippen LogP contribution in [0.15, 0.2) is 36.4 Å². The van der Waals surface area contributed by atoms with Gasteiger partial charge in [0, 0.05) is 29.5 Å². The van der Waals surface area contributed by atoms with Crippen LogP contribution in [0.4, 0.5) is 5.82 Å². The van der Waals surface area contributed by atoms with E-state index in [-0.39, 0.29) is 11.8 Å². The third kappa shape index (κ3) is 3.72. The number of nitrogens with zero attached hydrogens (tertiary/aromatic N) is 4. The van der Waals surface area contributed by atoms with Crippen molar-refractivity contribution >= 4 is 11.7 Å². The summed E-state index contributed by atoms with van der Waals surface area (Å²) in [7, 11) is 1.54. The number of nitrogens with one attached hydrogen (secondary N) is 1. The number of rotatable bonds is 7. The van der Waals surface area contributed by atoms with Crippen LogP contribution in [-0.4, -0.2) is 39.6 Å². The number of fused-ring (bicyclic) bond motifs is 1. The van der Waals surface area contributed by atoms with Crippen molar-refractivity contribution in [3.05, 3.63) is 53.2 Å². The van der Waals surface area contributed by atoms with Gasteiger partial charge in [-0.3, -0.25) is 4.79 Å². The average molecular weight is 407 g/mol. The van der Waals surface area contributed by atoms with E-state index in [1.807, 2.05) is 31.2 Å². The molecule has 3 heterocycles. The Morgan fingerprint density at radius 1 is 1.20 bits per heavy atom. The second-order valence-electron chi connectivity index (χ2n) is 7.24. The van der Waals surface area contributed by atoms with Crippen LogP contribution < -0.4 is 14.8 Å². The van der Waals surface area contributed by atoms with Crippen LogP contribution in [0.2, 0.25) is 0 Å². The number of anilines is 1. The van der Waals surface area contributed by atoms with E-state index in [9.17, 15) is 4.79 Å². The number of hydrogen-bond donors (Lipinski definition) is 1. The van der Waals surface area contributed by atoms with Crippen molar-refractivity contribution in [2.75, 3.05) is 19.0 Å². The Morgan fingerprint density at radius 2 is 2.03 bits per heavy atom. The Morgan fingerprint density at radius 3 is 2.77 bits per heavy atom. The predicted octanol–water partition coefficient (Wildman–Crippen LogP) is 3.63. The second-order valence-corrected chi connectivity index (χ2v) is 7.24. The molecule has 156 valence electrons. The van der Waals surface area contributed by atoms with Crippen molar-refractivity contribution in [3.63, 3.8) is 0 Å². The van der Waals surface area contributed by atoms with Crippen molar-refractivity contribution in [1.82, 2.24) is 20.0 Å². The molecule has 0 unspecified atom stereocenters. The maximum Gasteiger partial charge on any atom is 0.233 e. The van der Waals surface area contributed by atoms with Crippen LogP contribution in [0.5, 0.6) is 11.6 Å². The highest BCUT2D eigenvalue weighted by atomic mass is 16.5. The summed E-state index contributed by atoms with van der Waals surface area (Å²) < 4.78 is 12.8. The first-order valence-electron chi connectivity index (χ1n) is 10.1. The zero-order valence-electron chi connectivity index (χ0n) is 17.4. The lowest BCUT2D eigenvalue weighted by Crippen LogP contribution is -2.25. The fourth-order valence-corrected chi connectivity index (χ4v) is 3.74. The van der Waals surface area contributed by atoms with Crippen LogP contribution in [0.25, 0.3) is 5.82 Å². The van der Waals surface area contributed by atoms with Crippen molar-refractivity contribution in [2.24, 2.45) is 0 Å². The summed E-state index contributed by atoms with van der Waals surface area (Å²) in [4.78, 5) is 12.6. The topological polar surface area (TPSA) is 91.2 Å². The predicted molar refractivity (Wildman–Crippen MR) is 112 cm³/mol. The molecular formula is C22H25N5O3. The van der Waals surface area contributed by atoms with Gasteiger partial charge in [-0.05, 0) is 25.5 Å². The largest absolute Gasteiger partial charge is 0.493 e. The van der Waals surface area contributed by atoms with Crippen LogP contribution >= 0.6 is 0 Å². The summed E-state index contributed by atoms with van der Waals surface area (Å²) in [6, 6.07) is 11.4. The van der Waals surface area contributed by atoms with E-state index in [0.29, 0.717) is 30.5 Å². The van der Waals surface area contributed by atoms with E-state index in [0.717, 1.165) is 35.4 Å². The first-order chi connectivity index (χ1) is 14.6. The van der Waals surface area contributed by atoms with E-state index in [2.05, 4.69) is 27.5 Å². The highest BCUT2D eigenvalue weighted by Gasteiger charge is 2.34. The molecule has 1 atom stereocenters. The molecule has 2 aromatic heterocycles.